The van der Waals surface area contributed by atoms with E-state index in [0.717, 1.165) is 11.4 Å². The van der Waals surface area contributed by atoms with Gasteiger partial charge in [0.2, 0.25) is 21.9 Å². The van der Waals surface area contributed by atoms with Gasteiger partial charge in [-0.1, -0.05) is 23.7 Å². The fraction of sp³-hybridized carbons (Fsp3) is 0.207. The topological polar surface area (TPSA) is 171 Å². The first-order chi connectivity index (χ1) is 21.7. The van der Waals surface area contributed by atoms with Crippen LogP contribution in [-0.2, 0) is 14.8 Å². The molecule has 1 saturated heterocycles. The van der Waals surface area contributed by atoms with Crippen LogP contribution >= 0.6 is 22.9 Å². The molecule has 1 aliphatic rings. The zero-order valence-corrected chi connectivity index (χ0v) is 25.9. The fourth-order valence-electron chi connectivity index (χ4n) is 5.11. The SMILES string of the molecule is O=C(O)NCC(=O)Nc1cccc(-c2nc3sccn3c2-c2ccnc(N[C@@H]3CCCN(S(=O)(=O)c4ccc(Cl)cc4)C3)n2)c1. The lowest BCUT2D eigenvalue weighted by Crippen LogP contribution is -2.45. The first-order valence-electron chi connectivity index (χ1n) is 13.9. The van der Waals surface area contributed by atoms with Gasteiger partial charge >= 0.3 is 6.09 Å². The molecule has 5 aromatic rings. The lowest BCUT2D eigenvalue weighted by Gasteiger charge is -2.32. The molecule has 0 spiro atoms. The number of thiazole rings is 1. The number of carbonyl (C=O) groups excluding carboxylic acids is 1. The molecule has 3 aromatic heterocycles. The minimum atomic E-state index is -3.69. The van der Waals surface area contributed by atoms with Gasteiger partial charge in [-0.3, -0.25) is 9.20 Å². The molecule has 0 aliphatic carbocycles. The Hall–Kier alpha value is -4.57. The largest absolute Gasteiger partial charge is 0.465 e. The monoisotopic (exact) mass is 666 g/mol. The number of imidazole rings is 1. The molecular formula is C29H27ClN8O5S2. The minimum Gasteiger partial charge on any atom is -0.465 e. The Bertz CT molecular complexity index is 1980. The van der Waals surface area contributed by atoms with Crippen molar-refractivity contribution in [3.63, 3.8) is 0 Å². The summed E-state index contributed by atoms with van der Waals surface area (Å²) < 4.78 is 30.0. The highest BCUT2D eigenvalue weighted by molar-refractivity contribution is 7.89. The van der Waals surface area contributed by atoms with Gasteiger partial charge in [-0.05, 0) is 55.3 Å². The van der Waals surface area contributed by atoms with Crippen molar-refractivity contribution < 1.29 is 23.1 Å². The average Bonchev–Trinajstić information content (AvgIpc) is 3.63. The number of piperidine rings is 1. The maximum Gasteiger partial charge on any atom is 0.405 e. The fourth-order valence-corrected chi connectivity index (χ4v) is 7.48. The van der Waals surface area contributed by atoms with Gasteiger partial charge in [0.05, 0.1) is 16.3 Å². The van der Waals surface area contributed by atoms with Crippen molar-refractivity contribution in [1.82, 2.24) is 29.0 Å². The van der Waals surface area contributed by atoms with Gasteiger partial charge in [-0.15, -0.1) is 11.3 Å². The van der Waals surface area contributed by atoms with Crippen LogP contribution in [0.4, 0.5) is 16.4 Å². The molecule has 0 unspecified atom stereocenters. The van der Waals surface area contributed by atoms with Gasteiger partial charge in [0.15, 0.2) is 4.96 Å². The second-order valence-corrected chi connectivity index (χ2v) is 13.5. The molecule has 16 heteroatoms. The van der Waals surface area contributed by atoms with Gasteiger partial charge in [0, 0.05) is 53.2 Å². The van der Waals surface area contributed by atoms with Crippen LogP contribution in [0.2, 0.25) is 5.02 Å². The number of nitrogens with one attached hydrogen (secondary N) is 3. The second-order valence-electron chi connectivity index (χ2n) is 10.2. The van der Waals surface area contributed by atoms with Crippen LogP contribution < -0.4 is 16.0 Å². The smallest absolute Gasteiger partial charge is 0.405 e. The predicted octanol–water partition coefficient (Wildman–Crippen LogP) is 4.64. The van der Waals surface area contributed by atoms with Crippen LogP contribution in [-0.4, -0.2) is 74.9 Å². The number of halogens is 1. The van der Waals surface area contributed by atoms with Gasteiger partial charge < -0.3 is 21.1 Å². The van der Waals surface area contributed by atoms with E-state index in [1.165, 1.54) is 27.8 Å². The molecular weight excluding hydrogens is 640 g/mol. The maximum absolute atomic E-state index is 13.3. The molecule has 1 atom stereocenters. The molecule has 4 heterocycles. The number of amides is 2. The standard InChI is InChI=1S/C29H27ClN8O5S2/c30-19-6-8-22(9-7-19)45(42,43)37-12-2-5-21(17-37)34-27-31-11-10-23(35-27)26-25(36-28-38(26)13-14-44-28)18-3-1-4-20(15-18)33-24(39)16-32-29(40)41/h1,3-4,6-11,13-15,21,32H,2,5,12,16-17H2,(H,33,39)(H,40,41)(H,31,34,35)/t21-/m1/s1. The van der Waals surface area contributed by atoms with E-state index in [0.29, 0.717) is 52.3 Å². The summed E-state index contributed by atoms with van der Waals surface area (Å²) in [7, 11) is -3.69. The Balaban J connectivity index is 1.24. The average molecular weight is 667 g/mol. The number of hydrogen-bond donors (Lipinski definition) is 4. The third kappa shape index (κ3) is 6.76. The van der Waals surface area contributed by atoms with E-state index in [2.05, 4.69) is 15.6 Å². The highest BCUT2D eigenvalue weighted by Crippen LogP contribution is 2.35. The Kier molecular flexibility index (Phi) is 8.67. The van der Waals surface area contributed by atoms with Crippen molar-refractivity contribution in [2.75, 3.05) is 30.3 Å². The minimum absolute atomic E-state index is 0.194. The van der Waals surface area contributed by atoms with Crippen molar-refractivity contribution in [3.05, 3.63) is 77.4 Å². The first kappa shape index (κ1) is 30.5. The number of fused-ring (bicyclic) bond motifs is 1. The summed E-state index contributed by atoms with van der Waals surface area (Å²) in [5.41, 5.74) is 3.13. The van der Waals surface area contributed by atoms with Crippen LogP contribution in [0.15, 0.2) is 77.3 Å². The summed E-state index contributed by atoms with van der Waals surface area (Å²) in [6.07, 6.45) is 3.66. The van der Waals surface area contributed by atoms with E-state index < -0.39 is 22.0 Å². The van der Waals surface area contributed by atoms with Crippen molar-refractivity contribution in [1.29, 1.82) is 0 Å². The Morgan fingerprint density at radius 2 is 1.93 bits per heavy atom. The predicted molar refractivity (Wildman–Crippen MR) is 171 cm³/mol. The summed E-state index contributed by atoms with van der Waals surface area (Å²) in [6.45, 7) is 0.286. The van der Waals surface area contributed by atoms with Crippen LogP contribution in [0.3, 0.4) is 0 Å². The number of hydrogen-bond acceptors (Lipinski definition) is 9. The van der Waals surface area contributed by atoms with E-state index in [4.69, 9.17) is 26.7 Å². The summed E-state index contributed by atoms with van der Waals surface area (Å²) in [5.74, 6) is -0.152. The van der Waals surface area contributed by atoms with E-state index in [1.54, 1.807) is 42.6 Å². The Morgan fingerprint density at radius 1 is 1.11 bits per heavy atom. The van der Waals surface area contributed by atoms with Gasteiger partial charge in [-0.2, -0.15) is 4.31 Å². The summed E-state index contributed by atoms with van der Waals surface area (Å²) in [4.78, 5) is 37.9. The molecule has 2 amide bonds. The van der Waals surface area contributed by atoms with Crippen LogP contribution in [0.5, 0.6) is 0 Å². The van der Waals surface area contributed by atoms with Crippen LogP contribution in [0.25, 0.3) is 27.6 Å². The quantitative estimate of drug-likeness (QED) is 0.175. The molecule has 0 saturated carbocycles. The number of benzene rings is 2. The molecule has 4 N–H and O–H groups in total. The first-order valence-corrected chi connectivity index (χ1v) is 16.6. The number of carbonyl (C=O) groups is 2. The molecule has 45 heavy (non-hydrogen) atoms. The zero-order valence-electron chi connectivity index (χ0n) is 23.6. The van der Waals surface area contributed by atoms with Gasteiger partial charge in [0.25, 0.3) is 0 Å². The number of carboxylic acid groups (broad SMARTS) is 1. The van der Waals surface area contributed by atoms with Crippen molar-refractivity contribution in [3.8, 4) is 22.6 Å². The van der Waals surface area contributed by atoms with Gasteiger partial charge in [0.1, 0.15) is 12.2 Å². The van der Waals surface area contributed by atoms with Crippen molar-refractivity contribution in [2.45, 2.75) is 23.8 Å². The molecule has 13 nitrogen and oxygen atoms in total. The lowest BCUT2D eigenvalue weighted by molar-refractivity contribution is -0.115. The molecule has 0 bridgehead atoms. The Labute approximate surface area is 267 Å². The van der Waals surface area contributed by atoms with Crippen molar-refractivity contribution >= 4 is 61.6 Å². The van der Waals surface area contributed by atoms with Crippen LogP contribution in [0.1, 0.15) is 12.8 Å². The Morgan fingerprint density at radius 3 is 2.73 bits per heavy atom. The molecule has 2 aromatic carbocycles. The molecule has 1 fully saturated rings. The number of anilines is 2. The number of aromatic nitrogens is 4. The van der Waals surface area contributed by atoms with E-state index in [1.807, 2.05) is 27.4 Å². The maximum atomic E-state index is 13.3. The van der Waals surface area contributed by atoms with E-state index in [9.17, 15) is 18.0 Å². The normalized spacial score (nSPS) is 15.5. The molecule has 6 rings (SSSR count). The number of rotatable bonds is 9. The second kappa shape index (κ2) is 12.8. The van der Waals surface area contributed by atoms with E-state index >= 15 is 0 Å². The third-order valence-corrected chi connectivity index (χ3v) is 10.0. The highest BCUT2D eigenvalue weighted by Gasteiger charge is 2.31. The lowest BCUT2D eigenvalue weighted by atomic mass is 10.1. The molecule has 0 radical (unpaired) electrons. The summed E-state index contributed by atoms with van der Waals surface area (Å²) in [5, 5.41) is 19.2. The van der Waals surface area contributed by atoms with Crippen LogP contribution in [0, 0.1) is 0 Å². The molecule has 1 aliphatic heterocycles. The van der Waals surface area contributed by atoms with Crippen molar-refractivity contribution in [2.24, 2.45) is 0 Å². The van der Waals surface area contributed by atoms with E-state index in [-0.39, 0.29) is 24.0 Å². The van der Waals surface area contributed by atoms with Gasteiger partial charge in [-0.25, -0.2) is 28.2 Å². The molecule has 232 valence electrons. The summed E-state index contributed by atoms with van der Waals surface area (Å²) in [6, 6.07) is 14.8. The summed E-state index contributed by atoms with van der Waals surface area (Å²) >= 11 is 7.41. The number of sulfonamides is 1. The highest BCUT2D eigenvalue weighted by atomic mass is 35.5. The number of nitrogens with zero attached hydrogens (tertiary/aromatic N) is 5. The third-order valence-electron chi connectivity index (χ3n) is 7.15. The zero-order chi connectivity index (χ0) is 31.6.